The Labute approximate surface area is 196 Å². The first kappa shape index (κ1) is 24.3. The third-order valence-electron chi connectivity index (χ3n) is 5.30. The van der Waals surface area contributed by atoms with Crippen LogP contribution in [0, 0.1) is 6.92 Å². The van der Waals surface area contributed by atoms with Crippen molar-refractivity contribution in [3.8, 4) is 5.75 Å². The summed E-state index contributed by atoms with van der Waals surface area (Å²) in [5, 5.41) is 2.88. The molecule has 1 N–H and O–H groups in total. The number of sulfonamides is 1. The highest BCUT2D eigenvalue weighted by atomic mass is 32.2. The molecule has 0 aliphatic rings. The lowest BCUT2D eigenvalue weighted by Crippen LogP contribution is -2.42. The van der Waals surface area contributed by atoms with E-state index in [2.05, 4.69) is 5.32 Å². The van der Waals surface area contributed by atoms with Crippen LogP contribution in [0.1, 0.15) is 30.9 Å². The minimum atomic E-state index is -4.00. The SMILES string of the molecule is CCOc1ccccc1N(CC(=O)NCC(C)c1ccccc1)S(=O)(=O)c1ccc(C)cc1. The molecular formula is C26H30N2O4S. The highest BCUT2D eigenvalue weighted by Gasteiger charge is 2.29. The van der Waals surface area contributed by atoms with Gasteiger partial charge in [-0.05, 0) is 49.6 Å². The first-order chi connectivity index (χ1) is 15.8. The Morgan fingerprint density at radius 2 is 1.61 bits per heavy atom. The summed E-state index contributed by atoms with van der Waals surface area (Å²) in [6.07, 6.45) is 0. The Balaban J connectivity index is 1.87. The van der Waals surface area contributed by atoms with E-state index in [0.717, 1.165) is 15.4 Å². The van der Waals surface area contributed by atoms with Crippen LogP contribution in [0.4, 0.5) is 5.69 Å². The molecule has 0 saturated heterocycles. The number of benzene rings is 3. The summed E-state index contributed by atoms with van der Waals surface area (Å²) in [5.74, 6) is 0.105. The van der Waals surface area contributed by atoms with Gasteiger partial charge in [0.05, 0.1) is 17.2 Å². The van der Waals surface area contributed by atoms with Crippen molar-refractivity contribution in [3.63, 3.8) is 0 Å². The molecule has 0 aliphatic heterocycles. The maximum atomic E-state index is 13.6. The van der Waals surface area contributed by atoms with Gasteiger partial charge in [0.1, 0.15) is 12.3 Å². The van der Waals surface area contributed by atoms with Crippen molar-refractivity contribution in [2.24, 2.45) is 0 Å². The molecule has 6 nitrogen and oxygen atoms in total. The Bertz CT molecular complexity index is 1160. The number of hydrogen-bond acceptors (Lipinski definition) is 4. The van der Waals surface area contributed by atoms with Crippen molar-refractivity contribution < 1.29 is 17.9 Å². The van der Waals surface area contributed by atoms with Gasteiger partial charge in [-0.25, -0.2) is 8.42 Å². The molecule has 0 spiro atoms. The van der Waals surface area contributed by atoms with Crippen molar-refractivity contribution in [1.29, 1.82) is 0 Å². The lowest BCUT2D eigenvalue weighted by molar-refractivity contribution is -0.119. The summed E-state index contributed by atoms with van der Waals surface area (Å²) in [5.41, 5.74) is 2.37. The topological polar surface area (TPSA) is 75.7 Å². The zero-order chi connectivity index (χ0) is 23.8. The van der Waals surface area contributed by atoms with Gasteiger partial charge in [0.15, 0.2) is 0 Å². The summed E-state index contributed by atoms with van der Waals surface area (Å²) in [4.78, 5) is 13.0. The molecule has 0 heterocycles. The molecular weight excluding hydrogens is 436 g/mol. The van der Waals surface area contributed by atoms with Crippen molar-refractivity contribution in [1.82, 2.24) is 5.32 Å². The average Bonchev–Trinajstić information content (AvgIpc) is 2.82. The van der Waals surface area contributed by atoms with Crippen molar-refractivity contribution in [2.45, 2.75) is 31.6 Å². The van der Waals surface area contributed by atoms with Crippen LogP contribution in [0.2, 0.25) is 0 Å². The molecule has 3 aromatic carbocycles. The Kier molecular flexibility index (Phi) is 8.11. The average molecular weight is 467 g/mol. The number of nitrogens with one attached hydrogen (secondary N) is 1. The van der Waals surface area contributed by atoms with Gasteiger partial charge in [-0.15, -0.1) is 0 Å². The number of carbonyl (C=O) groups excluding carboxylic acids is 1. The summed E-state index contributed by atoms with van der Waals surface area (Å²) in [7, 11) is -4.00. The minimum Gasteiger partial charge on any atom is -0.492 e. The van der Waals surface area contributed by atoms with Gasteiger partial charge >= 0.3 is 0 Å². The number of nitrogens with zero attached hydrogens (tertiary/aromatic N) is 1. The van der Waals surface area contributed by atoms with E-state index in [4.69, 9.17) is 4.74 Å². The van der Waals surface area contributed by atoms with Gasteiger partial charge in [-0.2, -0.15) is 0 Å². The quantitative estimate of drug-likeness (QED) is 0.477. The molecule has 33 heavy (non-hydrogen) atoms. The second-order valence-corrected chi connectivity index (χ2v) is 9.70. The van der Waals surface area contributed by atoms with E-state index in [-0.39, 0.29) is 23.3 Å². The maximum absolute atomic E-state index is 13.6. The molecule has 174 valence electrons. The zero-order valence-electron chi connectivity index (χ0n) is 19.2. The van der Waals surface area contributed by atoms with Gasteiger partial charge in [-0.1, -0.05) is 67.1 Å². The highest BCUT2D eigenvalue weighted by molar-refractivity contribution is 7.92. The molecule has 0 aromatic heterocycles. The maximum Gasteiger partial charge on any atom is 0.264 e. The molecule has 0 bridgehead atoms. The minimum absolute atomic E-state index is 0.0908. The van der Waals surface area contributed by atoms with E-state index in [1.54, 1.807) is 48.5 Å². The molecule has 0 radical (unpaired) electrons. The fourth-order valence-corrected chi connectivity index (χ4v) is 4.86. The van der Waals surface area contributed by atoms with Crippen molar-refractivity contribution in [3.05, 3.63) is 90.0 Å². The normalized spacial score (nSPS) is 12.1. The van der Waals surface area contributed by atoms with Crippen LogP contribution < -0.4 is 14.4 Å². The smallest absolute Gasteiger partial charge is 0.264 e. The number of anilines is 1. The first-order valence-electron chi connectivity index (χ1n) is 11.0. The van der Waals surface area contributed by atoms with Crippen LogP contribution in [0.5, 0.6) is 5.75 Å². The third-order valence-corrected chi connectivity index (χ3v) is 7.08. The molecule has 7 heteroatoms. The molecule has 1 amide bonds. The van der Waals surface area contributed by atoms with E-state index < -0.39 is 10.0 Å². The fraction of sp³-hybridized carbons (Fsp3) is 0.269. The van der Waals surface area contributed by atoms with Gasteiger partial charge in [0, 0.05) is 6.54 Å². The lowest BCUT2D eigenvalue weighted by atomic mass is 10.0. The van der Waals surface area contributed by atoms with Crippen LogP contribution >= 0.6 is 0 Å². The van der Waals surface area contributed by atoms with Gasteiger partial charge in [0.25, 0.3) is 10.0 Å². The molecule has 0 fully saturated rings. The summed E-state index contributed by atoms with van der Waals surface area (Å²) in [6.45, 7) is 6.14. The summed E-state index contributed by atoms with van der Waals surface area (Å²) >= 11 is 0. The number of ether oxygens (including phenoxy) is 1. The number of amides is 1. The standard InChI is InChI=1S/C26H30N2O4S/c1-4-32-25-13-9-8-12-24(25)28(33(30,31)23-16-14-20(2)15-17-23)19-26(29)27-18-21(3)22-10-6-5-7-11-22/h5-17,21H,4,18-19H2,1-3H3,(H,27,29). The molecule has 1 atom stereocenters. The van der Waals surface area contributed by atoms with Gasteiger partial charge in [-0.3, -0.25) is 9.10 Å². The number of para-hydroxylation sites is 2. The summed E-state index contributed by atoms with van der Waals surface area (Å²) < 4.78 is 34.0. The molecule has 3 aromatic rings. The number of carbonyl (C=O) groups is 1. The number of aryl methyl sites for hydroxylation is 1. The van der Waals surface area contributed by atoms with Crippen LogP contribution in [0.15, 0.2) is 83.8 Å². The monoisotopic (exact) mass is 466 g/mol. The van der Waals surface area contributed by atoms with Crippen LogP contribution in [0.25, 0.3) is 0 Å². The molecule has 0 saturated carbocycles. The van der Waals surface area contributed by atoms with E-state index >= 15 is 0 Å². The Morgan fingerprint density at radius 1 is 0.970 bits per heavy atom. The van der Waals surface area contributed by atoms with E-state index in [0.29, 0.717) is 24.6 Å². The second kappa shape index (κ2) is 11.0. The van der Waals surface area contributed by atoms with Gasteiger partial charge < -0.3 is 10.1 Å². The van der Waals surface area contributed by atoms with Crippen LogP contribution in [0.3, 0.4) is 0 Å². The molecule has 3 rings (SSSR count). The van der Waals surface area contributed by atoms with Crippen molar-refractivity contribution in [2.75, 3.05) is 24.0 Å². The lowest BCUT2D eigenvalue weighted by Gasteiger charge is -2.26. The molecule has 1 unspecified atom stereocenters. The fourth-order valence-electron chi connectivity index (χ4n) is 3.43. The van der Waals surface area contributed by atoms with Crippen molar-refractivity contribution >= 4 is 21.6 Å². The predicted molar refractivity (Wildman–Crippen MR) is 131 cm³/mol. The Hall–Kier alpha value is -3.32. The predicted octanol–water partition coefficient (Wildman–Crippen LogP) is 4.51. The first-order valence-corrected chi connectivity index (χ1v) is 12.4. The zero-order valence-corrected chi connectivity index (χ0v) is 20.0. The third kappa shape index (κ3) is 6.14. The number of hydrogen-bond donors (Lipinski definition) is 1. The van der Waals surface area contributed by atoms with E-state index in [1.807, 2.05) is 51.1 Å². The van der Waals surface area contributed by atoms with E-state index in [9.17, 15) is 13.2 Å². The highest BCUT2D eigenvalue weighted by Crippen LogP contribution is 2.32. The van der Waals surface area contributed by atoms with Gasteiger partial charge in [0.2, 0.25) is 5.91 Å². The Morgan fingerprint density at radius 3 is 2.27 bits per heavy atom. The molecule has 0 aliphatic carbocycles. The summed E-state index contributed by atoms with van der Waals surface area (Å²) in [6, 6.07) is 23.3. The second-order valence-electron chi connectivity index (χ2n) is 7.84. The van der Waals surface area contributed by atoms with Crippen LogP contribution in [-0.2, 0) is 14.8 Å². The van der Waals surface area contributed by atoms with E-state index in [1.165, 1.54) is 0 Å². The number of rotatable bonds is 10. The largest absolute Gasteiger partial charge is 0.492 e. The van der Waals surface area contributed by atoms with Crippen LogP contribution in [-0.4, -0.2) is 34.0 Å².